The summed E-state index contributed by atoms with van der Waals surface area (Å²) < 4.78 is 24.4. The SMILES string of the molecule is COc1cc2nccc(Oc3ccc(NC(=O)Nc4ccc(F)cc4)cc3)c2cc1NC(C)=O. The number of benzene rings is 3. The van der Waals surface area contributed by atoms with Crippen molar-refractivity contribution in [3.63, 3.8) is 0 Å². The summed E-state index contributed by atoms with van der Waals surface area (Å²) >= 11 is 0. The average Bonchev–Trinajstić information content (AvgIpc) is 2.81. The molecule has 8 nitrogen and oxygen atoms in total. The number of aromatic nitrogens is 1. The molecule has 0 spiro atoms. The summed E-state index contributed by atoms with van der Waals surface area (Å²) in [4.78, 5) is 28.1. The van der Waals surface area contributed by atoms with Crippen molar-refractivity contribution >= 4 is 39.9 Å². The van der Waals surface area contributed by atoms with Gasteiger partial charge in [-0.25, -0.2) is 9.18 Å². The number of carbonyl (C=O) groups is 2. The van der Waals surface area contributed by atoms with Gasteiger partial charge in [-0.3, -0.25) is 9.78 Å². The Hall–Kier alpha value is -4.66. The van der Waals surface area contributed by atoms with Crippen LogP contribution in [0.2, 0.25) is 0 Å². The number of hydrogen-bond acceptors (Lipinski definition) is 5. The lowest BCUT2D eigenvalue weighted by atomic mass is 10.1. The van der Waals surface area contributed by atoms with E-state index in [4.69, 9.17) is 9.47 Å². The first kappa shape index (κ1) is 22.5. The summed E-state index contributed by atoms with van der Waals surface area (Å²) in [5, 5.41) is 8.75. The predicted octanol–water partition coefficient (Wildman–Crippen LogP) is 5.78. The van der Waals surface area contributed by atoms with E-state index >= 15 is 0 Å². The van der Waals surface area contributed by atoms with Crippen molar-refractivity contribution in [3.05, 3.63) is 78.7 Å². The van der Waals surface area contributed by atoms with Crippen molar-refractivity contribution in [2.75, 3.05) is 23.1 Å². The van der Waals surface area contributed by atoms with E-state index in [1.807, 2.05) is 0 Å². The first-order valence-electron chi connectivity index (χ1n) is 10.3. The lowest BCUT2D eigenvalue weighted by Gasteiger charge is -2.13. The van der Waals surface area contributed by atoms with Crippen LogP contribution in [-0.2, 0) is 4.79 Å². The molecule has 4 aromatic rings. The Kier molecular flexibility index (Phi) is 6.54. The second kappa shape index (κ2) is 9.86. The van der Waals surface area contributed by atoms with E-state index in [0.717, 1.165) is 0 Å². The van der Waals surface area contributed by atoms with E-state index < -0.39 is 6.03 Å². The maximum Gasteiger partial charge on any atom is 0.323 e. The van der Waals surface area contributed by atoms with Gasteiger partial charge in [0.1, 0.15) is 23.1 Å². The Bertz CT molecular complexity index is 1340. The van der Waals surface area contributed by atoms with Gasteiger partial charge in [0.15, 0.2) is 0 Å². The third-order valence-electron chi connectivity index (χ3n) is 4.78. The Morgan fingerprint density at radius 3 is 2.12 bits per heavy atom. The number of urea groups is 1. The Morgan fingerprint density at radius 1 is 0.853 bits per heavy atom. The highest BCUT2D eigenvalue weighted by atomic mass is 19.1. The summed E-state index contributed by atoms with van der Waals surface area (Å²) in [5.41, 5.74) is 2.16. The lowest BCUT2D eigenvalue weighted by molar-refractivity contribution is -0.114. The maximum atomic E-state index is 13.0. The van der Waals surface area contributed by atoms with Gasteiger partial charge in [-0.2, -0.15) is 0 Å². The molecule has 0 bridgehead atoms. The van der Waals surface area contributed by atoms with Crippen molar-refractivity contribution in [2.24, 2.45) is 0 Å². The number of halogens is 1. The van der Waals surface area contributed by atoms with Crippen LogP contribution in [0, 0.1) is 5.82 Å². The molecule has 0 atom stereocenters. The number of nitrogens with zero attached hydrogens (tertiary/aromatic N) is 1. The van der Waals surface area contributed by atoms with Crippen LogP contribution in [0.5, 0.6) is 17.2 Å². The zero-order chi connectivity index (χ0) is 24.1. The Balaban J connectivity index is 1.49. The van der Waals surface area contributed by atoms with Crippen LogP contribution in [0.1, 0.15) is 6.92 Å². The van der Waals surface area contributed by atoms with Crippen molar-refractivity contribution in [3.8, 4) is 17.2 Å². The lowest BCUT2D eigenvalue weighted by Crippen LogP contribution is -2.19. The van der Waals surface area contributed by atoms with E-state index in [0.29, 0.717) is 45.2 Å². The van der Waals surface area contributed by atoms with E-state index in [2.05, 4.69) is 20.9 Å². The molecule has 0 aliphatic rings. The first-order valence-corrected chi connectivity index (χ1v) is 10.3. The molecule has 0 radical (unpaired) electrons. The molecule has 0 aliphatic heterocycles. The van der Waals surface area contributed by atoms with Gasteiger partial charge in [0.05, 0.1) is 18.3 Å². The number of methoxy groups -OCH3 is 1. The third kappa shape index (κ3) is 5.39. The highest BCUT2D eigenvalue weighted by molar-refractivity contribution is 6.00. The largest absolute Gasteiger partial charge is 0.494 e. The third-order valence-corrected chi connectivity index (χ3v) is 4.78. The number of nitrogens with one attached hydrogen (secondary N) is 3. The van der Waals surface area contributed by atoms with Crippen LogP contribution in [0.15, 0.2) is 72.9 Å². The number of rotatable bonds is 6. The standard InChI is InChI=1S/C25H21FN4O4/c1-15(31)28-22-13-20-21(14-24(22)33-2)27-12-11-23(20)34-19-9-7-18(8-10-19)30-25(32)29-17-5-3-16(26)4-6-17/h3-14H,1-2H3,(H,28,31)(H2,29,30,32). The zero-order valence-corrected chi connectivity index (χ0v) is 18.4. The summed E-state index contributed by atoms with van der Waals surface area (Å²) in [7, 11) is 1.52. The van der Waals surface area contributed by atoms with E-state index in [9.17, 15) is 14.0 Å². The summed E-state index contributed by atoms with van der Waals surface area (Å²) in [6.07, 6.45) is 1.62. The van der Waals surface area contributed by atoms with Gasteiger partial charge in [-0.1, -0.05) is 0 Å². The second-order valence-corrected chi connectivity index (χ2v) is 7.27. The summed E-state index contributed by atoms with van der Waals surface area (Å²) in [5.74, 6) is 0.953. The predicted molar refractivity (Wildman–Crippen MR) is 128 cm³/mol. The van der Waals surface area contributed by atoms with Crippen molar-refractivity contribution in [2.45, 2.75) is 6.92 Å². The van der Waals surface area contributed by atoms with Crippen LogP contribution in [0.3, 0.4) is 0 Å². The maximum absolute atomic E-state index is 13.0. The number of fused-ring (bicyclic) bond motifs is 1. The van der Waals surface area contributed by atoms with E-state index in [1.165, 1.54) is 38.3 Å². The number of amides is 3. The molecule has 0 saturated heterocycles. The number of carbonyl (C=O) groups excluding carboxylic acids is 2. The quantitative estimate of drug-likeness (QED) is 0.339. The number of hydrogen-bond donors (Lipinski definition) is 3. The molecule has 1 aromatic heterocycles. The molecular formula is C25H21FN4O4. The van der Waals surface area contributed by atoms with Crippen molar-refractivity contribution < 1.29 is 23.5 Å². The summed E-state index contributed by atoms with van der Waals surface area (Å²) in [6, 6.07) is 17.0. The number of pyridine rings is 1. The van der Waals surface area contributed by atoms with Gasteiger partial charge in [0.2, 0.25) is 5.91 Å². The van der Waals surface area contributed by atoms with Gasteiger partial charge in [0.25, 0.3) is 0 Å². The van der Waals surface area contributed by atoms with Crippen LogP contribution in [0.25, 0.3) is 10.9 Å². The monoisotopic (exact) mass is 460 g/mol. The molecule has 0 unspecified atom stereocenters. The smallest absolute Gasteiger partial charge is 0.323 e. The minimum Gasteiger partial charge on any atom is -0.494 e. The van der Waals surface area contributed by atoms with Gasteiger partial charge in [-0.05, 0) is 60.7 Å². The molecule has 0 saturated carbocycles. The molecule has 9 heteroatoms. The average molecular weight is 460 g/mol. The molecular weight excluding hydrogens is 439 g/mol. The van der Waals surface area contributed by atoms with Gasteiger partial charge in [-0.15, -0.1) is 0 Å². The molecule has 3 aromatic carbocycles. The minimum absolute atomic E-state index is 0.226. The highest BCUT2D eigenvalue weighted by Gasteiger charge is 2.12. The van der Waals surface area contributed by atoms with Gasteiger partial charge in [0, 0.05) is 35.9 Å². The number of anilines is 3. The second-order valence-electron chi connectivity index (χ2n) is 7.27. The zero-order valence-electron chi connectivity index (χ0n) is 18.4. The van der Waals surface area contributed by atoms with Crippen LogP contribution < -0.4 is 25.4 Å². The van der Waals surface area contributed by atoms with Gasteiger partial charge >= 0.3 is 6.03 Å². The molecule has 0 aliphatic carbocycles. The Morgan fingerprint density at radius 2 is 1.50 bits per heavy atom. The van der Waals surface area contributed by atoms with Crippen molar-refractivity contribution in [1.82, 2.24) is 4.98 Å². The fraction of sp³-hybridized carbons (Fsp3) is 0.0800. The molecule has 3 N–H and O–H groups in total. The van der Waals surface area contributed by atoms with Crippen LogP contribution in [0.4, 0.5) is 26.2 Å². The minimum atomic E-state index is -0.458. The fourth-order valence-electron chi connectivity index (χ4n) is 3.25. The topological polar surface area (TPSA) is 102 Å². The molecule has 4 rings (SSSR count). The molecule has 1 heterocycles. The van der Waals surface area contributed by atoms with Gasteiger partial charge < -0.3 is 25.4 Å². The molecule has 0 fully saturated rings. The molecule has 172 valence electrons. The fourth-order valence-corrected chi connectivity index (χ4v) is 3.25. The normalized spacial score (nSPS) is 10.4. The highest BCUT2D eigenvalue weighted by Crippen LogP contribution is 2.36. The summed E-state index contributed by atoms with van der Waals surface area (Å²) in [6.45, 7) is 1.42. The molecule has 34 heavy (non-hydrogen) atoms. The number of ether oxygens (including phenoxy) is 2. The van der Waals surface area contributed by atoms with Crippen molar-refractivity contribution in [1.29, 1.82) is 0 Å². The van der Waals surface area contributed by atoms with Crippen LogP contribution >= 0.6 is 0 Å². The van der Waals surface area contributed by atoms with E-state index in [-0.39, 0.29) is 11.7 Å². The van der Waals surface area contributed by atoms with E-state index in [1.54, 1.807) is 48.7 Å². The Labute approximate surface area is 194 Å². The first-order chi connectivity index (χ1) is 16.4. The molecule has 3 amide bonds. The van der Waals surface area contributed by atoms with Crippen LogP contribution in [-0.4, -0.2) is 24.0 Å².